The van der Waals surface area contributed by atoms with Crippen LogP contribution in [0.5, 0.6) is 0 Å². The van der Waals surface area contributed by atoms with E-state index in [1.807, 2.05) is 6.20 Å². The van der Waals surface area contributed by atoms with Crippen molar-refractivity contribution in [1.29, 1.82) is 0 Å². The van der Waals surface area contributed by atoms with Crippen molar-refractivity contribution in [3.63, 3.8) is 0 Å². The number of hydrogen-bond acceptors (Lipinski definition) is 7. The summed E-state index contributed by atoms with van der Waals surface area (Å²) in [7, 11) is 1.65. The van der Waals surface area contributed by atoms with Crippen molar-refractivity contribution < 1.29 is 4.74 Å². The maximum atomic E-state index is 5.54. The van der Waals surface area contributed by atoms with Crippen molar-refractivity contribution >= 4 is 17.6 Å². The summed E-state index contributed by atoms with van der Waals surface area (Å²) in [5.74, 6) is 1.17. The number of anilines is 3. The molecule has 0 fully saturated rings. The van der Waals surface area contributed by atoms with Gasteiger partial charge in [0.2, 0.25) is 11.9 Å². The lowest BCUT2D eigenvalue weighted by atomic mass is 10.5. The molecule has 0 amide bonds. The largest absolute Gasteiger partial charge is 0.383 e. The summed E-state index contributed by atoms with van der Waals surface area (Å²) in [4.78, 5) is 12.0. The third-order valence-corrected chi connectivity index (χ3v) is 2.18. The van der Waals surface area contributed by atoms with E-state index in [-0.39, 0.29) is 5.95 Å². The van der Waals surface area contributed by atoms with E-state index < -0.39 is 0 Å². The lowest BCUT2D eigenvalue weighted by Crippen LogP contribution is -2.05. The van der Waals surface area contributed by atoms with Crippen LogP contribution >= 0.6 is 0 Å². The van der Waals surface area contributed by atoms with Gasteiger partial charge in [0, 0.05) is 13.3 Å². The zero-order valence-electron chi connectivity index (χ0n) is 10.3. The second-order valence-corrected chi connectivity index (χ2v) is 3.67. The van der Waals surface area contributed by atoms with E-state index in [4.69, 9.17) is 10.5 Å². The third kappa shape index (κ3) is 3.14. The van der Waals surface area contributed by atoms with E-state index >= 15 is 0 Å². The highest BCUT2D eigenvalue weighted by molar-refractivity contribution is 5.51. The summed E-state index contributed by atoms with van der Waals surface area (Å²) in [6.45, 7) is 3.06. The minimum Gasteiger partial charge on any atom is -0.383 e. The lowest BCUT2D eigenvalue weighted by Gasteiger charge is -2.03. The Morgan fingerprint density at radius 3 is 2.94 bits per heavy atom. The SMILES string of the molecule is COCCn1cc(Nc2nc(C)nc(N)n2)cn1. The molecule has 0 aliphatic heterocycles. The summed E-state index contributed by atoms with van der Waals surface area (Å²) in [6.07, 6.45) is 3.53. The maximum absolute atomic E-state index is 5.54. The number of hydrogen-bond donors (Lipinski definition) is 2. The molecule has 0 aromatic carbocycles. The van der Waals surface area contributed by atoms with E-state index in [0.717, 1.165) is 5.69 Å². The Bertz CT molecular complexity index is 504. The number of nitrogens with one attached hydrogen (secondary N) is 1. The zero-order valence-corrected chi connectivity index (χ0v) is 10.3. The predicted molar refractivity (Wildman–Crippen MR) is 66.4 cm³/mol. The average Bonchev–Trinajstić information content (AvgIpc) is 2.72. The molecule has 0 saturated carbocycles. The molecule has 0 aliphatic carbocycles. The van der Waals surface area contributed by atoms with Gasteiger partial charge < -0.3 is 15.8 Å². The van der Waals surface area contributed by atoms with Gasteiger partial charge in [0.05, 0.1) is 25.0 Å². The van der Waals surface area contributed by atoms with Crippen LogP contribution in [0.2, 0.25) is 0 Å². The summed E-state index contributed by atoms with van der Waals surface area (Å²) in [5, 5.41) is 7.18. The number of aromatic nitrogens is 5. The molecule has 2 heterocycles. The van der Waals surface area contributed by atoms with Gasteiger partial charge in [-0.1, -0.05) is 0 Å². The van der Waals surface area contributed by atoms with Crippen LogP contribution in [0, 0.1) is 6.92 Å². The summed E-state index contributed by atoms with van der Waals surface area (Å²) < 4.78 is 6.74. The van der Waals surface area contributed by atoms with E-state index in [2.05, 4.69) is 25.4 Å². The van der Waals surface area contributed by atoms with Crippen LogP contribution in [0.25, 0.3) is 0 Å². The lowest BCUT2D eigenvalue weighted by molar-refractivity contribution is 0.183. The molecule has 0 aliphatic rings. The van der Waals surface area contributed by atoms with Crippen molar-refractivity contribution in [3.05, 3.63) is 18.2 Å². The molecule has 2 aromatic heterocycles. The molecule has 8 heteroatoms. The van der Waals surface area contributed by atoms with Crippen LogP contribution in [0.4, 0.5) is 17.6 Å². The summed E-state index contributed by atoms with van der Waals surface area (Å²) in [6, 6.07) is 0. The number of ether oxygens (including phenoxy) is 1. The van der Waals surface area contributed by atoms with Gasteiger partial charge in [0.15, 0.2) is 0 Å². The molecule has 2 rings (SSSR count). The molecule has 18 heavy (non-hydrogen) atoms. The van der Waals surface area contributed by atoms with Crippen LogP contribution in [-0.4, -0.2) is 38.4 Å². The van der Waals surface area contributed by atoms with Gasteiger partial charge in [-0.3, -0.25) is 4.68 Å². The Morgan fingerprint density at radius 2 is 2.22 bits per heavy atom. The van der Waals surface area contributed by atoms with Gasteiger partial charge in [-0.2, -0.15) is 20.1 Å². The van der Waals surface area contributed by atoms with Gasteiger partial charge in [-0.25, -0.2) is 0 Å². The Morgan fingerprint density at radius 1 is 1.39 bits per heavy atom. The molecule has 3 N–H and O–H groups in total. The fourth-order valence-electron chi connectivity index (χ4n) is 1.42. The van der Waals surface area contributed by atoms with Crippen molar-refractivity contribution in [2.75, 3.05) is 24.8 Å². The molecule has 0 saturated heterocycles. The highest BCUT2D eigenvalue weighted by Crippen LogP contribution is 2.12. The quantitative estimate of drug-likeness (QED) is 0.787. The molecule has 0 spiro atoms. The predicted octanol–water partition coefficient (Wildman–Crippen LogP) is 0.349. The molecule has 0 bridgehead atoms. The molecule has 8 nitrogen and oxygen atoms in total. The molecule has 0 atom stereocenters. The second-order valence-electron chi connectivity index (χ2n) is 3.67. The van der Waals surface area contributed by atoms with Crippen LogP contribution < -0.4 is 11.1 Å². The van der Waals surface area contributed by atoms with Crippen molar-refractivity contribution in [1.82, 2.24) is 24.7 Å². The highest BCUT2D eigenvalue weighted by Gasteiger charge is 2.03. The first kappa shape index (κ1) is 12.2. The molecule has 2 aromatic rings. The van der Waals surface area contributed by atoms with Gasteiger partial charge in [0.25, 0.3) is 0 Å². The fraction of sp³-hybridized carbons (Fsp3) is 0.400. The Hall–Kier alpha value is -2.22. The second kappa shape index (κ2) is 5.41. The standard InChI is InChI=1S/C10H15N7O/c1-7-13-9(11)16-10(14-7)15-8-5-12-17(6-8)3-4-18-2/h5-6H,3-4H2,1-2H3,(H3,11,13,14,15,16). The number of nitrogen functional groups attached to an aromatic ring is 1. The van der Waals surface area contributed by atoms with Crippen LogP contribution in [0.15, 0.2) is 12.4 Å². The van der Waals surface area contributed by atoms with Crippen LogP contribution in [-0.2, 0) is 11.3 Å². The third-order valence-electron chi connectivity index (χ3n) is 2.18. The Labute approximate surface area is 104 Å². The average molecular weight is 249 g/mol. The normalized spacial score (nSPS) is 10.6. The molecule has 0 unspecified atom stereocenters. The van der Waals surface area contributed by atoms with E-state index in [1.165, 1.54) is 0 Å². The number of nitrogens with two attached hydrogens (primary N) is 1. The highest BCUT2D eigenvalue weighted by atomic mass is 16.5. The minimum absolute atomic E-state index is 0.191. The van der Waals surface area contributed by atoms with Crippen molar-refractivity contribution in [2.24, 2.45) is 0 Å². The molecular formula is C10H15N7O. The number of methoxy groups -OCH3 is 1. The first-order valence-corrected chi connectivity index (χ1v) is 5.44. The Kier molecular flexibility index (Phi) is 3.68. The summed E-state index contributed by atoms with van der Waals surface area (Å²) >= 11 is 0. The van der Waals surface area contributed by atoms with Crippen molar-refractivity contribution in [2.45, 2.75) is 13.5 Å². The minimum atomic E-state index is 0.191. The Balaban J connectivity index is 2.06. The van der Waals surface area contributed by atoms with Crippen LogP contribution in [0.1, 0.15) is 5.82 Å². The van der Waals surface area contributed by atoms with Gasteiger partial charge >= 0.3 is 0 Å². The molecular weight excluding hydrogens is 234 g/mol. The first-order valence-electron chi connectivity index (χ1n) is 5.44. The molecule has 96 valence electrons. The zero-order chi connectivity index (χ0) is 13.0. The van der Waals surface area contributed by atoms with Crippen LogP contribution in [0.3, 0.4) is 0 Å². The first-order chi connectivity index (χ1) is 8.67. The van der Waals surface area contributed by atoms with E-state index in [0.29, 0.717) is 24.9 Å². The van der Waals surface area contributed by atoms with E-state index in [9.17, 15) is 0 Å². The smallest absolute Gasteiger partial charge is 0.232 e. The van der Waals surface area contributed by atoms with Crippen molar-refractivity contribution in [3.8, 4) is 0 Å². The molecule has 0 radical (unpaired) electrons. The van der Waals surface area contributed by atoms with Gasteiger partial charge in [-0.15, -0.1) is 0 Å². The fourth-order valence-corrected chi connectivity index (χ4v) is 1.42. The van der Waals surface area contributed by atoms with Gasteiger partial charge in [-0.05, 0) is 6.92 Å². The topological polar surface area (TPSA) is 104 Å². The maximum Gasteiger partial charge on any atom is 0.232 e. The number of nitrogens with zero attached hydrogens (tertiary/aromatic N) is 5. The number of rotatable bonds is 5. The van der Waals surface area contributed by atoms with Gasteiger partial charge in [0.1, 0.15) is 5.82 Å². The van der Waals surface area contributed by atoms with E-state index in [1.54, 1.807) is 24.9 Å². The number of aryl methyl sites for hydroxylation is 1. The summed E-state index contributed by atoms with van der Waals surface area (Å²) in [5.41, 5.74) is 6.33. The monoisotopic (exact) mass is 249 g/mol.